The summed E-state index contributed by atoms with van der Waals surface area (Å²) in [6.45, 7) is 7.04. The number of nitrogens with one attached hydrogen (secondary N) is 1. The summed E-state index contributed by atoms with van der Waals surface area (Å²) < 4.78 is 7.58. The maximum Gasteiger partial charge on any atom is 0.244 e. The summed E-state index contributed by atoms with van der Waals surface area (Å²) >= 11 is 1.69. The molecule has 0 aliphatic rings. The van der Waals surface area contributed by atoms with Crippen LogP contribution in [0.1, 0.15) is 20.8 Å². The first-order chi connectivity index (χ1) is 13.1. The molecule has 1 N–H and O–H groups in total. The molecule has 0 unspecified atom stereocenters. The molecule has 27 heavy (non-hydrogen) atoms. The number of fused-ring (bicyclic) bond motifs is 1. The summed E-state index contributed by atoms with van der Waals surface area (Å²) in [4.78, 5) is 17.5. The van der Waals surface area contributed by atoms with Crippen molar-refractivity contribution in [3.05, 3.63) is 48.5 Å². The third kappa shape index (κ3) is 4.83. The molecule has 0 spiro atoms. The molecule has 1 amide bonds. The van der Waals surface area contributed by atoms with Crippen LogP contribution in [0.15, 0.2) is 53.7 Å². The van der Waals surface area contributed by atoms with Gasteiger partial charge in [-0.1, -0.05) is 49.9 Å². The maximum atomic E-state index is 12.7. The van der Waals surface area contributed by atoms with Gasteiger partial charge in [0.1, 0.15) is 12.3 Å². The van der Waals surface area contributed by atoms with Crippen molar-refractivity contribution in [2.45, 2.75) is 32.5 Å². The van der Waals surface area contributed by atoms with Crippen LogP contribution in [0.5, 0.6) is 5.75 Å². The van der Waals surface area contributed by atoms with Gasteiger partial charge in [0, 0.05) is 5.75 Å². The molecule has 0 aliphatic heterocycles. The number of hydrogen-bond acceptors (Lipinski definition) is 4. The molecule has 0 atom stereocenters. The van der Waals surface area contributed by atoms with Crippen molar-refractivity contribution in [1.82, 2.24) is 9.55 Å². The second-order valence-electron chi connectivity index (χ2n) is 6.65. The van der Waals surface area contributed by atoms with E-state index in [4.69, 9.17) is 9.72 Å². The summed E-state index contributed by atoms with van der Waals surface area (Å²) in [5.41, 5.74) is 2.56. The van der Waals surface area contributed by atoms with Crippen molar-refractivity contribution in [1.29, 1.82) is 0 Å². The highest BCUT2D eigenvalue weighted by Crippen LogP contribution is 2.27. The van der Waals surface area contributed by atoms with E-state index in [1.807, 2.05) is 60.0 Å². The Morgan fingerprint density at radius 3 is 2.70 bits per heavy atom. The third-order valence-corrected chi connectivity index (χ3v) is 5.33. The second-order valence-corrected chi connectivity index (χ2v) is 7.64. The van der Waals surface area contributed by atoms with E-state index in [0.717, 1.165) is 21.9 Å². The number of thioether (sulfide) groups is 1. The predicted molar refractivity (Wildman–Crippen MR) is 112 cm³/mol. The topological polar surface area (TPSA) is 56.1 Å². The standard InChI is InChI=1S/C21H25N3O2S/c1-4-26-19-12-8-6-10-17(19)22-20(25)13-24-18-11-7-5-9-16(18)23-21(24)27-14-15(2)3/h5-12,15H,4,13-14H2,1-3H3,(H,22,25). The molecule has 3 rings (SSSR count). The van der Waals surface area contributed by atoms with Crippen LogP contribution < -0.4 is 10.1 Å². The van der Waals surface area contributed by atoms with Gasteiger partial charge >= 0.3 is 0 Å². The van der Waals surface area contributed by atoms with Gasteiger partial charge in [-0.25, -0.2) is 4.98 Å². The first kappa shape index (κ1) is 19.3. The number of carbonyl (C=O) groups is 1. The number of benzene rings is 2. The Morgan fingerprint density at radius 1 is 1.19 bits per heavy atom. The van der Waals surface area contributed by atoms with Gasteiger partial charge in [-0.3, -0.25) is 4.79 Å². The van der Waals surface area contributed by atoms with Crippen LogP contribution in [0.4, 0.5) is 5.69 Å². The number of nitrogens with zero attached hydrogens (tertiary/aromatic N) is 2. The first-order valence-corrected chi connectivity index (χ1v) is 10.2. The van der Waals surface area contributed by atoms with Crippen LogP contribution in [0.25, 0.3) is 11.0 Å². The van der Waals surface area contributed by atoms with Crippen molar-refractivity contribution in [2.24, 2.45) is 5.92 Å². The molecule has 2 aromatic carbocycles. The van der Waals surface area contributed by atoms with Gasteiger partial charge < -0.3 is 14.6 Å². The van der Waals surface area contributed by atoms with Crippen molar-refractivity contribution in [3.8, 4) is 5.75 Å². The van der Waals surface area contributed by atoms with E-state index < -0.39 is 0 Å². The number of aromatic nitrogens is 2. The van der Waals surface area contributed by atoms with Crippen LogP contribution in [-0.4, -0.2) is 27.8 Å². The molecule has 0 bridgehead atoms. The monoisotopic (exact) mass is 383 g/mol. The van der Waals surface area contributed by atoms with Crippen LogP contribution in [-0.2, 0) is 11.3 Å². The molecule has 0 saturated heterocycles. The number of rotatable bonds is 8. The van der Waals surface area contributed by atoms with Gasteiger partial charge in [0.25, 0.3) is 0 Å². The summed E-state index contributed by atoms with van der Waals surface area (Å²) in [7, 11) is 0. The predicted octanol–water partition coefficient (Wildman–Crippen LogP) is 4.82. The molecule has 1 heterocycles. The summed E-state index contributed by atoms with van der Waals surface area (Å²) in [6, 6.07) is 15.4. The van der Waals surface area contributed by atoms with Crippen LogP contribution >= 0.6 is 11.8 Å². The molecule has 0 fully saturated rings. The first-order valence-electron chi connectivity index (χ1n) is 9.18. The number of anilines is 1. The van der Waals surface area contributed by atoms with Gasteiger partial charge in [0.15, 0.2) is 5.16 Å². The zero-order valence-corrected chi connectivity index (χ0v) is 16.8. The Bertz CT molecular complexity index is 921. The molecule has 3 aromatic rings. The van der Waals surface area contributed by atoms with Gasteiger partial charge in [-0.05, 0) is 37.1 Å². The van der Waals surface area contributed by atoms with Gasteiger partial charge in [-0.15, -0.1) is 0 Å². The quantitative estimate of drug-likeness (QED) is 0.567. The van der Waals surface area contributed by atoms with E-state index in [0.29, 0.717) is 24.0 Å². The Labute approximate surface area is 164 Å². The molecule has 0 aliphatic carbocycles. The number of ether oxygens (including phenoxy) is 1. The van der Waals surface area contributed by atoms with Crippen LogP contribution in [0.3, 0.4) is 0 Å². The summed E-state index contributed by atoms with van der Waals surface area (Å²) in [5, 5.41) is 3.84. The van der Waals surface area contributed by atoms with Crippen molar-refractivity contribution in [2.75, 3.05) is 17.7 Å². The Balaban J connectivity index is 1.83. The van der Waals surface area contributed by atoms with E-state index in [1.54, 1.807) is 11.8 Å². The highest BCUT2D eigenvalue weighted by Gasteiger charge is 2.15. The third-order valence-electron chi connectivity index (χ3n) is 3.93. The molecular formula is C21H25N3O2S. The lowest BCUT2D eigenvalue weighted by Gasteiger charge is -2.13. The molecule has 6 heteroatoms. The van der Waals surface area contributed by atoms with Crippen LogP contribution in [0, 0.1) is 5.92 Å². The summed E-state index contributed by atoms with van der Waals surface area (Å²) in [5.74, 6) is 2.09. The zero-order valence-electron chi connectivity index (χ0n) is 15.9. The van der Waals surface area contributed by atoms with E-state index in [1.165, 1.54) is 0 Å². The molecule has 1 aromatic heterocycles. The SMILES string of the molecule is CCOc1ccccc1NC(=O)Cn1c(SCC(C)C)nc2ccccc21. The molecule has 0 saturated carbocycles. The fourth-order valence-electron chi connectivity index (χ4n) is 2.74. The number of imidazole rings is 1. The average Bonchev–Trinajstić information content (AvgIpc) is 2.99. The Hall–Kier alpha value is -2.47. The minimum Gasteiger partial charge on any atom is -0.492 e. The fraction of sp³-hybridized carbons (Fsp3) is 0.333. The van der Waals surface area contributed by atoms with Crippen molar-refractivity contribution < 1.29 is 9.53 Å². The van der Waals surface area contributed by atoms with E-state index in [-0.39, 0.29) is 12.5 Å². The van der Waals surface area contributed by atoms with Crippen LogP contribution in [0.2, 0.25) is 0 Å². The maximum absolute atomic E-state index is 12.7. The molecular weight excluding hydrogens is 358 g/mol. The van der Waals surface area contributed by atoms with E-state index >= 15 is 0 Å². The normalized spacial score (nSPS) is 11.1. The van der Waals surface area contributed by atoms with E-state index in [2.05, 4.69) is 19.2 Å². The second kappa shape index (κ2) is 8.95. The highest BCUT2D eigenvalue weighted by atomic mass is 32.2. The molecule has 5 nitrogen and oxygen atoms in total. The zero-order chi connectivity index (χ0) is 19.2. The lowest BCUT2D eigenvalue weighted by molar-refractivity contribution is -0.116. The van der Waals surface area contributed by atoms with Gasteiger partial charge in [0.2, 0.25) is 5.91 Å². The number of amides is 1. The van der Waals surface area contributed by atoms with E-state index in [9.17, 15) is 4.79 Å². The minimum atomic E-state index is -0.100. The molecule has 0 radical (unpaired) electrons. The lowest BCUT2D eigenvalue weighted by Crippen LogP contribution is -2.20. The lowest BCUT2D eigenvalue weighted by atomic mass is 10.3. The van der Waals surface area contributed by atoms with Gasteiger partial charge in [0.05, 0.1) is 23.3 Å². The number of hydrogen-bond donors (Lipinski definition) is 1. The largest absolute Gasteiger partial charge is 0.492 e. The van der Waals surface area contributed by atoms with Gasteiger partial charge in [-0.2, -0.15) is 0 Å². The summed E-state index contributed by atoms with van der Waals surface area (Å²) in [6.07, 6.45) is 0. The smallest absolute Gasteiger partial charge is 0.244 e. The van der Waals surface area contributed by atoms with Crippen molar-refractivity contribution in [3.63, 3.8) is 0 Å². The highest BCUT2D eigenvalue weighted by molar-refractivity contribution is 7.99. The fourth-order valence-corrected chi connectivity index (χ4v) is 3.71. The minimum absolute atomic E-state index is 0.100. The number of para-hydroxylation sites is 4. The Morgan fingerprint density at radius 2 is 1.93 bits per heavy atom. The number of carbonyl (C=O) groups excluding carboxylic acids is 1. The van der Waals surface area contributed by atoms with Crippen molar-refractivity contribution >= 4 is 34.4 Å². The molecule has 142 valence electrons. The average molecular weight is 384 g/mol. The Kier molecular flexibility index (Phi) is 6.40.